The fraction of sp³-hybridized carbons (Fsp3) is 0.346. The van der Waals surface area contributed by atoms with Crippen molar-refractivity contribution >= 4 is 34.2 Å². The number of likely N-dealkylation sites (tertiary alicyclic amines) is 1. The van der Waals surface area contributed by atoms with Gasteiger partial charge < -0.3 is 10.2 Å². The maximum atomic E-state index is 13.2. The highest BCUT2D eigenvalue weighted by Gasteiger charge is 2.28. The van der Waals surface area contributed by atoms with Crippen LogP contribution >= 0.6 is 11.3 Å². The van der Waals surface area contributed by atoms with Gasteiger partial charge in [0.15, 0.2) is 0 Å². The maximum absolute atomic E-state index is 13.2. The second-order valence-electron chi connectivity index (χ2n) is 9.75. The standard InChI is InChI=1S/C26H26FN5O3S/c1-26(2,14-16-3-6-19(27)7-4-16)29-23(33)22-15-36-24(28-22)17-9-11-32(12-10-17)25(34)18-5-8-20-21(13-18)31-35-30-20/h3-8,13,15,17H,9-12,14H2,1-2H3,(H,29,33). The van der Waals surface area contributed by atoms with Crippen molar-refractivity contribution in [2.75, 3.05) is 13.1 Å². The molecule has 36 heavy (non-hydrogen) atoms. The number of carbonyl (C=O) groups excluding carboxylic acids is 2. The molecule has 10 heteroatoms. The van der Waals surface area contributed by atoms with E-state index in [4.69, 9.17) is 4.63 Å². The minimum absolute atomic E-state index is 0.0408. The zero-order chi connectivity index (χ0) is 25.3. The number of hydrogen-bond acceptors (Lipinski definition) is 7. The quantitative estimate of drug-likeness (QED) is 0.410. The maximum Gasteiger partial charge on any atom is 0.271 e. The summed E-state index contributed by atoms with van der Waals surface area (Å²) in [5.41, 5.74) is 2.57. The van der Waals surface area contributed by atoms with Crippen LogP contribution in [-0.2, 0) is 6.42 Å². The van der Waals surface area contributed by atoms with Gasteiger partial charge >= 0.3 is 0 Å². The number of nitrogens with zero attached hydrogens (tertiary/aromatic N) is 4. The number of fused-ring (bicyclic) bond motifs is 1. The Balaban J connectivity index is 1.17. The van der Waals surface area contributed by atoms with Crippen LogP contribution in [0.25, 0.3) is 11.0 Å². The first-order chi connectivity index (χ1) is 17.3. The van der Waals surface area contributed by atoms with Crippen molar-refractivity contribution in [2.45, 2.75) is 44.6 Å². The predicted octanol–water partition coefficient (Wildman–Crippen LogP) is 4.59. The minimum atomic E-state index is -0.518. The molecule has 186 valence electrons. The third-order valence-corrected chi connectivity index (χ3v) is 7.41. The highest BCUT2D eigenvalue weighted by molar-refractivity contribution is 7.09. The van der Waals surface area contributed by atoms with Crippen LogP contribution in [0, 0.1) is 5.82 Å². The fourth-order valence-corrected chi connectivity index (χ4v) is 5.51. The molecule has 2 aromatic heterocycles. The highest BCUT2D eigenvalue weighted by Crippen LogP contribution is 2.31. The lowest BCUT2D eigenvalue weighted by Gasteiger charge is -2.31. The van der Waals surface area contributed by atoms with Gasteiger partial charge in [-0.1, -0.05) is 12.1 Å². The van der Waals surface area contributed by atoms with Gasteiger partial charge in [-0.25, -0.2) is 14.0 Å². The number of amides is 2. The Labute approximate surface area is 211 Å². The first-order valence-corrected chi connectivity index (χ1v) is 12.7. The van der Waals surface area contributed by atoms with Crippen LogP contribution < -0.4 is 5.32 Å². The lowest BCUT2D eigenvalue weighted by atomic mass is 9.94. The summed E-state index contributed by atoms with van der Waals surface area (Å²) in [5, 5.41) is 13.3. The van der Waals surface area contributed by atoms with E-state index in [9.17, 15) is 14.0 Å². The van der Waals surface area contributed by atoms with Crippen LogP contribution in [0.5, 0.6) is 0 Å². The molecule has 1 saturated heterocycles. The van der Waals surface area contributed by atoms with Crippen molar-refractivity contribution in [3.05, 3.63) is 75.5 Å². The molecule has 1 fully saturated rings. The van der Waals surface area contributed by atoms with Gasteiger partial charge in [0, 0.05) is 35.5 Å². The SMILES string of the molecule is CC(C)(Cc1ccc(F)cc1)NC(=O)c1csc(C2CCN(C(=O)c3ccc4nonc4c3)CC2)n1. The molecule has 1 aliphatic rings. The summed E-state index contributed by atoms with van der Waals surface area (Å²) in [5.74, 6) is -0.345. The van der Waals surface area contributed by atoms with Crippen LogP contribution in [0.15, 0.2) is 52.5 Å². The van der Waals surface area contributed by atoms with Crippen molar-refractivity contribution in [2.24, 2.45) is 0 Å². The zero-order valence-electron chi connectivity index (χ0n) is 20.0. The van der Waals surface area contributed by atoms with E-state index in [0.29, 0.717) is 41.8 Å². The second-order valence-corrected chi connectivity index (χ2v) is 10.6. The molecule has 2 amide bonds. The van der Waals surface area contributed by atoms with E-state index >= 15 is 0 Å². The summed E-state index contributed by atoms with van der Waals surface area (Å²) in [7, 11) is 0. The van der Waals surface area contributed by atoms with E-state index in [1.165, 1.54) is 23.5 Å². The first kappa shape index (κ1) is 24.1. The smallest absolute Gasteiger partial charge is 0.271 e. The van der Waals surface area contributed by atoms with Gasteiger partial charge in [-0.2, -0.15) is 0 Å². The molecule has 8 nitrogen and oxygen atoms in total. The normalized spacial score (nSPS) is 14.8. The van der Waals surface area contributed by atoms with Gasteiger partial charge in [0.2, 0.25) is 0 Å². The fourth-order valence-electron chi connectivity index (χ4n) is 4.53. The number of halogens is 1. The molecule has 1 N–H and O–H groups in total. The molecule has 0 unspecified atom stereocenters. The Bertz CT molecular complexity index is 1390. The van der Waals surface area contributed by atoms with E-state index in [0.717, 1.165) is 23.4 Å². The number of hydrogen-bond donors (Lipinski definition) is 1. The molecule has 0 spiro atoms. The molecule has 5 rings (SSSR count). The Morgan fingerprint density at radius 2 is 1.83 bits per heavy atom. The summed E-state index contributed by atoms with van der Waals surface area (Å²) < 4.78 is 17.9. The molecule has 3 heterocycles. The Kier molecular flexibility index (Phi) is 6.53. The van der Waals surface area contributed by atoms with Crippen LogP contribution in [0.1, 0.15) is 64.0 Å². The van der Waals surface area contributed by atoms with Crippen LogP contribution in [-0.4, -0.2) is 50.6 Å². The Hall–Kier alpha value is -3.66. The molecular formula is C26H26FN5O3S. The number of rotatable bonds is 6. The number of benzene rings is 2. The number of piperidine rings is 1. The molecular weight excluding hydrogens is 481 g/mol. The molecule has 0 atom stereocenters. The molecule has 1 aliphatic heterocycles. The number of nitrogens with one attached hydrogen (secondary N) is 1. The molecule has 0 bridgehead atoms. The molecule has 0 radical (unpaired) electrons. The molecule has 0 aliphatic carbocycles. The van der Waals surface area contributed by atoms with Gasteiger partial charge in [-0.3, -0.25) is 9.59 Å². The summed E-state index contributed by atoms with van der Waals surface area (Å²) in [6, 6.07) is 11.5. The van der Waals surface area contributed by atoms with Crippen molar-refractivity contribution in [1.82, 2.24) is 25.5 Å². The van der Waals surface area contributed by atoms with Crippen LogP contribution in [0.3, 0.4) is 0 Å². The summed E-state index contributed by atoms with van der Waals surface area (Å²) in [6.07, 6.45) is 2.14. The largest absolute Gasteiger partial charge is 0.345 e. The summed E-state index contributed by atoms with van der Waals surface area (Å²) >= 11 is 1.48. The van der Waals surface area contributed by atoms with Gasteiger partial charge in [0.1, 0.15) is 22.5 Å². The van der Waals surface area contributed by atoms with Crippen molar-refractivity contribution in [3.8, 4) is 0 Å². The average molecular weight is 508 g/mol. The van der Waals surface area contributed by atoms with Crippen LogP contribution in [0.4, 0.5) is 4.39 Å². The van der Waals surface area contributed by atoms with E-state index in [2.05, 4.69) is 20.6 Å². The van der Waals surface area contributed by atoms with Crippen molar-refractivity contribution in [1.29, 1.82) is 0 Å². The topological polar surface area (TPSA) is 101 Å². The third-order valence-electron chi connectivity index (χ3n) is 6.40. The third kappa shape index (κ3) is 5.28. The monoisotopic (exact) mass is 507 g/mol. The predicted molar refractivity (Wildman–Crippen MR) is 133 cm³/mol. The Morgan fingerprint density at radius 3 is 2.58 bits per heavy atom. The lowest BCUT2D eigenvalue weighted by Crippen LogP contribution is -2.45. The van der Waals surface area contributed by atoms with Gasteiger partial charge in [-0.15, -0.1) is 11.3 Å². The van der Waals surface area contributed by atoms with Crippen molar-refractivity contribution in [3.63, 3.8) is 0 Å². The highest BCUT2D eigenvalue weighted by atomic mass is 32.1. The summed E-state index contributed by atoms with van der Waals surface area (Å²) in [4.78, 5) is 32.3. The van der Waals surface area contributed by atoms with Crippen molar-refractivity contribution < 1.29 is 18.6 Å². The zero-order valence-corrected chi connectivity index (χ0v) is 20.8. The average Bonchev–Trinajstić information content (AvgIpc) is 3.54. The number of aromatic nitrogens is 3. The van der Waals surface area contributed by atoms with E-state index in [1.807, 2.05) is 18.7 Å². The number of thiazole rings is 1. The van der Waals surface area contributed by atoms with Crippen LogP contribution in [0.2, 0.25) is 0 Å². The first-order valence-electron chi connectivity index (χ1n) is 11.8. The second kappa shape index (κ2) is 9.77. The van der Waals surface area contributed by atoms with Gasteiger partial charge in [-0.05, 0) is 79.3 Å². The summed E-state index contributed by atoms with van der Waals surface area (Å²) in [6.45, 7) is 5.10. The Morgan fingerprint density at radius 1 is 1.11 bits per heavy atom. The molecule has 2 aromatic carbocycles. The van der Waals surface area contributed by atoms with E-state index in [1.54, 1.807) is 35.7 Å². The van der Waals surface area contributed by atoms with Gasteiger partial charge in [0.25, 0.3) is 11.8 Å². The van der Waals surface area contributed by atoms with E-state index < -0.39 is 5.54 Å². The minimum Gasteiger partial charge on any atom is -0.345 e. The van der Waals surface area contributed by atoms with Gasteiger partial charge in [0.05, 0.1) is 5.01 Å². The molecule has 0 saturated carbocycles. The molecule has 4 aromatic rings. The van der Waals surface area contributed by atoms with E-state index in [-0.39, 0.29) is 23.5 Å². The number of carbonyl (C=O) groups is 2. The lowest BCUT2D eigenvalue weighted by molar-refractivity contribution is 0.0713.